The van der Waals surface area contributed by atoms with Gasteiger partial charge >= 0.3 is 0 Å². The highest BCUT2D eigenvalue weighted by atomic mass is 16.5. The predicted molar refractivity (Wildman–Crippen MR) is 114 cm³/mol. The maximum absolute atomic E-state index is 13.0. The first-order chi connectivity index (χ1) is 15.1. The lowest BCUT2D eigenvalue weighted by Gasteiger charge is -2.24. The Morgan fingerprint density at radius 2 is 1.90 bits per heavy atom. The van der Waals surface area contributed by atoms with Crippen LogP contribution in [0.4, 0.5) is 0 Å². The first kappa shape index (κ1) is 19.7. The maximum atomic E-state index is 13.0. The van der Waals surface area contributed by atoms with E-state index in [-0.39, 0.29) is 12.1 Å². The molecule has 160 valence electrons. The normalized spacial score (nSPS) is 15.0. The standard InChI is InChI=1S/C22H24N6O3/c1-15-3-4-16(2)17(11-15)18-12-19-22(29)27(5-6-28(19)24-18)13-20-23-21(31-25-20)14-26-7-9-30-10-8-26/h3-6,11-12H,7-10,13-14H2,1-2H3. The fourth-order valence-corrected chi connectivity index (χ4v) is 3.82. The molecule has 3 aromatic heterocycles. The first-order valence-corrected chi connectivity index (χ1v) is 10.3. The zero-order valence-electron chi connectivity index (χ0n) is 17.6. The average Bonchev–Trinajstić information content (AvgIpc) is 3.40. The third-order valence-electron chi connectivity index (χ3n) is 5.56. The summed E-state index contributed by atoms with van der Waals surface area (Å²) in [4.78, 5) is 19.7. The lowest BCUT2D eigenvalue weighted by molar-refractivity contribution is 0.0297. The summed E-state index contributed by atoms with van der Waals surface area (Å²) in [5, 5.41) is 8.65. The third-order valence-corrected chi connectivity index (χ3v) is 5.56. The summed E-state index contributed by atoms with van der Waals surface area (Å²) >= 11 is 0. The van der Waals surface area contributed by atoms with E-state index in [1.807, 2.05) is 19.9 Å². The predicted octanol–water partition coefficient (Wildman–Crippen LogP) is 2.04. The minimum absolute atomic E-state index is 0.147. The van der Waals surface area contributed by atoms with Gasteiger partial charge < -0.3 is 13.8 Å². The number of benzene rings is 1. The number of aromatic nitrogens is 5. The number of morpholine rings is 1. The Bertz CT molecular complexity index is 1280. The first-order valence-electron chi connectivity index (χ1n) is 10.3. The molecule has 0 N–H and O–H groups in total. The fraction of sp³-hybridized carbons (Fsp3) is 0.364. The highest BCUT2D eigenvalue weighted by Crippen LogP contribution is 2.23. The van der Waals surface area contributed by atoms with E-state index in [9.17, 15) is 4.79 Å². The molecule has 0 radical (unpaired) electrons. The van der Waals surface area contributed by atoms with E-state index in [0.29, 0.717) is 37.0 Å². The Hall–Kier alpha value is -3.30. The minimum Gasteiger partial charge on any atom is -0.379 e. The molecule has 9 heteroatoms. The van der Waals surface area contributed by atoms with E-state index < -0.39 is 0 Å². The summed E-state index contributed by atoms with van der Waals surface area (Å²) in [6.45, 7) is 8.04. The van der Waals surface area contributed by atoms with E-state index >= 15 is 0 Å². The van der Waals surface area contributed by atoms with E-state index in [0.717, 1.165) is 35.5 Å². The number of ether oxygens (including phenoxy) is 1. The summed E-state index contributed by atoms with van der Waals surface area (Å²) in [5.74, 6) is 1.02. The van der Waals surface area contributed by atoms with Crippen LogP contribution in [0.15, 0.2) is 46.0 Å². The number of hydrogen-bond donors (Lipinski definition) is 0. The Morgan fingerprint density at radius 1 is 1.06 bits per heavy atom. The Balaban J connectivity index is 1.39. The molecule has 0 unspecified atom stereocenters. The zero-order chi connectivity index (χ0) is 21.4. The zero-order valence-corrected chi connectivity index (χ0v) is 17.6. The monoisotopic (exact) mass is 420 g/mol. The van der Waals surface area contributed by atoms with Crippen molar-refractivity contribution in [3.05, 3.63) is 69.9 Å². The molecule has 0 spiro atoms. The lowest BCUT2D eigenvalue weighted by atomic mass is 10.0. The van der Waals surface area contributed by atoms with Crippen LogP contribution in [-0.4, -0.2) is 55.5 Å². The Kier molecular flexibility index (Phi) is 5.13. The molecular weight excluding hydrogens is 396 g/mol. The molecule has 31 heavy (non-hydrogen) atoms. The van der Waals surface area contributed by atoms with Gasteiger partial charge in [-0.05, 0) is 31.5 Å². The van der Waals surface area contributed by atoms with Crippen LogP contribution in [0, 0.1) is 13.8 Å². The molecule has 1 saturated heterocycles. The molecule has 1 aliphatic rings. The van der Waals surface area contributed by atoms with Crippen molar-refractivity contribution in [1.29, 1.82) is 0 Å². The largest absolute Gasteiger partial charge is 0.379 e. The number of hydrogen-bond acceptors (Lipinski definition) is 7. The third kappa shape index (κ3) is 4.01. The van der Waals surface area contributed by atoms with Gasteiger partial charge in [-0.2, -0.15) is 10.1 Å². The van der Waals surface area contributed by atoms with E-state index in [1.165, 1.54) is 0 Å². The summed E-state index contributed by atoms with van der Waals surface area (Å²) in [5.41, 5.74) is 4.44. The topological polar surface area (TPSA) is 90.7 Å². The number of fused-ring (bicyclic) bond motifs is 1. The van der Waals surface area contributed by atoms with Gasteiger partial charge in [0.15, 0.2) is 5.82 Å². The lowest BCUT2D eigenvalue weighted by Crippen LogP contribution is -2.35. The van der Waals surface area contributed by atoms with Gasteiger partial charge in [-0.3, -0.25) is 9.69 Å². The van der Waals surface area contributed by atoms with Crippen LogP contribution in [0.2, 0.25) is 0 Å². The molecular formula is C22H24N6O3. The molecule has 9 nitrogen and oxygen atoms in total. The van der Waals surface area contributed by atoms with Crippen molar-refractivity contribution >= 4 is 5.52 Å². The van der Waals surface area contributed by atoms with Crippen molar-refractivity contribution in [1.82, 2.24) is 29.2 Å². The van der Waals surface area contributed by atoms with Crippen LogP contribution < -0.4 is 5.56 Å². The maximum Gasteiger partial charge on any atom is 0.277 e. The second-order valence-electron chi connectivity index (χ2n) is 7.90. The van der Waals surface area contributed by atoms with Gasteiger partial charge in [0.25, 0.3) is 5.56 Å². The molecule has 4 aromatic rings. The van der Waals surface area contributed by atoms with Gasteiger partial charge in [0, 0.05) is 31.0 Å². The molecule has 0 atom stereocenters. The second kappa shape index (κ2) is 8.09. The van der Waals surface area contributed by atoms with Crippen LogP contribution in [0.5, 0.6) is 0 Å². The van der Waals surface area contributed by atoms with Gasteiger partial charge in [-0.25, -0.2) is 4.52 Å². The van der Waals surface area contributed by atoms with Crippen LogP contribution in [0.1, 0.15) is 22.8 Å². The summed E-state index contributed by atoms with van der Waals surface area (Å²) < 4.78 is 13.9. The average molecular weight is 420 g/mol. The van der Waals surface area contributed by atoms with Crippen molar-refractivity contribution in [3.8, 4) is 11.3 Å². The molecule has 0 amide bonds. The van der Waals surface area contributed by atoms with Crippen molar-refractivity contribution in [2.45, 2.75) is 26.9 Å². The number of aryl methyl sites for hydroxylation is 2. The van der Waals surface area contributed by atoms with E-state index in [2.05, 4.69) is 38.3 Å². The molecule has 1 aromatic carbocycles. The van der Waals surface area contributed by atoms with Crippen LogP contribution in [0.3, 0.4) is 0 Å². The number of nitrogens with zero attached hydrogens (tertiary/aromatic N) is 6. The van der Waals surface area contributed by atoms with Gasteiger partial charge in [-0.1, -0.05) is 22.9 Å². The second-order valence-corrected chi connectivity index (χ2v) is 7.90. The van der Waals surface area contributed by atoms with Gasteiger partial charge in [0.05, 0.1) is 32.0 Å². The highest BCUT2D eigenvalue weighted by molar-refractivity contribution is 5.69. The van der Waals surface area contributed by atoms with Crippen molar-refractivity contribution in [2.75, 3.05) is 26.3 Å². The van der Waals surface area contributed by atoms with E-state index in [1.54, 1.807) is 21.5 Å². The SMILES string of the molecule is Cc1ccc(C)c(-c2cc3c(=O)n(Cc4noc(CN5CCOCC5)n4)ccn3n2)c1. The molecule has 0 saturated carbocycles. The van der Waals surface area contributed by atoms with Gasteiger partial charge in [-0.15, -0.1) is 0 Å². The Labute approximate surface area is 178 Å². The quantitative estimate of drug-likeness (QED) is 0.488. The highest BCUT2D eigenvalue weighted by Gasteiger charge is 2.16. The number of rotatable bonds is 5. The van der Waals surface area contributed by atoms with E-state index in [4.69, 9.17) is 9.26 Å². The summed E-state index contributed by atoms with van der Waals surface area (Å²) in [7, 11) is 0. The van der Waals surface area contributed by atoms with Gasteiger partial charge in [0.2, 0.25) is 5.89 Å². The molecule has 1 aliphatic heterocycles. The molecule has 0 bridgehead atoms. The van der Waals surface area contributed by atoms with Crippen molar-refractivity contribution in [2.24, 2.45) is 0 Å². The molecule has 0 aliphatic carbocycles. The smallest absolute Gasteiger partial charge is 0.277 e. The van der Waals surface area contributed by atoms with Gasteiger partial charge in [0.1, 0.15) is 5.52 Å². The Morgan fingerprint density at radius 3 is 2.74 bits per heavy atom. The summed E-state index contributed by atoms with van der Waals surface area (Å²) in [6, 6.07) is 8.06. The van der Waals surface area contributed by atoms with Crippen LogP contribution in [0.25, 0.3) is 16.8 Å². The van der Waals surface area contributed by atoms with Crippen molar-refractivity contribution in [3.63, 3.8) is 0 Å². The van der Waals surface area contributed by atoms with Crippen LogP contribution >= 0.6 is 0 Å². The molecule has 4 heterocycles. The molecule has 5 rings (SSSR count). The fourth-order valence-electron chi connectivity index (χ4n) is 3.82. The summed E-state index contributed by atoms with van der Waals surface area (Å²) in [6.07, 6.45) is 3.48. The van der Waals surface area contributed by atoms with Crippen molar-refractivity contribution < 1.29 is 9.26 Å². The van der Waals surface area contributed by atoms with Crippen LogP contribution in [-0.2, 0) is 17.8 Å². The minimum atomic E-state index is -0.147. The molecule has 1 fully saturated rings.